The van der Waals surface area contributed by atoms with Crippen molar-refractivity contribution in [1.29, 1.82) is 0 Å². The molecule has 2 N–H and O–H groups in total. The molecule has 16 heavy (non-hydrogen) atoms. The Labute approximate surface area is 96.4 Å². The number of hydrogen-bond acceptors (Lipinski definition) is 5. The highest BCUT2D eigenvalue weighted by molar-refractivity contribution is 5.02. The molecule has 0 spiro atoms. The zero-order valence-corrected chi connectivity index (χ0v) is 10.5. The van der Waals surface area contributed by atoms with Crippen LogP contribution in [-0.4, -0.2) is 23.4 Å². The third-order valence-corrected chi connectivity index (χ3v) is 2.74. The fraction of sp³-hybridized carbons (Fsp3) is 0.818. The van der Waals surface area contributed by atoms with E-state index in [4.69, 9.17) is 15.0 Å². The Morgan fingerprint density at radius 1 is 1.44 bits per heavy atom. The normalized spacial score (nSPS) is 14.1. The van der Waals surface area contributed by atoms with E-state index < -0.39 is 0 Å². The summed E-state index contributed by atoms with van der Waals surface area (Å²) in [5.41, 5.74) is 5.77. The number of nitrogens with two attached hydrogens (primary N) is 1. The van der Waals surface area contributed by atoms with Gasteiger partial charge in [-0.15, -0.1) is 0 Å². The summed E-state index contributed by atoms with van der Waals surface area (Å²) in [5.74, 6) is 1.15. The molecule has 5 heteroatoms. The van der Waals surface area contributed by atoms with Gasteiger partial charge in [-0.2, -0.15) is 4.98 Å². The minimum absolute atomic E-state index is 0.101. The van der Waals surface area contributed by atoms with Gasteiger partial charge in [0.1, 0.15) is 0 Å². The highest BCUT2D eigenvalue weighted by atomic mass is 16.5. The van der Waals surface area contributed by atoms with Crippen LogP contribution in [0.2, 0.25) is 0 Å². The molecule has 1 aromatic heterocycles. The first-order valence-electron chi connectivity index (χ1n) is 5.68. The molecule has 0 saturated heterocycles. The largest absolute Gasteiger partial charge is 0.380 e. The molecule has 1 aromatic rings. The third-order valence-electron chi connectivity index (χ3n) is 2.74. The minimum Gasteiger partial charge on any atom is -0.380 e. The molecule has 0 fully saturated rings. The summed E-state index contributed by atoms with van der Waals surface area (Å²) in [6.45, 7) is 9.20. The van der Waals surface area contributed by atoms with Crippen LogP contribution in [0.15, 0.2) is 4.52 Å². The summed E-state index contributed by atoms with van der Waals surface area (Å²) in [5, 5.41) is 3.89. The van der Waals surface area contributed by atoms with Crippen LogP contribution in [0.1, 0.15) is 51.9 Å². The molecule has 1 unspecified atom stereocenters. The SMILES string of the molecule is CCOCC(N)c1noc(C(C)(C)CC)n1. The molecule has 0 amide bonds. The molecule has 1 heterocycles. The summed E-state index contributed by atoms with van der Waals surface area (Å²) >= 11 is 0. The standard InChI is InChI=1S/C11H21N3O2/c1-5-11(3,4)10-13-9(14-16-10)8(12)7-15-6-2/h8H,5-7,12H2,1-4H3. The lowest BCUT2D eigenvalue weighted by Gasteiger charge is -2.16. The van der Waals surface area contributed by atoms with Crippen molar-refractivity contribution >= 4 is 0 Å². The molecular formula is C11H21N3O2. The lowest BCUT2D eigenvalue weighted by atomic mass is 9.90. The van der Waals surface area contributed by atoms with Crippen molar-refractivity contribution in [2.24, 2.45) is 5.73 Å². The maximum absolute atomic E-state index is 5.87. The smallest absolute Gasteiger partial charge is 0.232 e. The van der Waals surface area contributed by atoms with Gasteiger partial charge in [-0.05, 0) is 13.3 Å². The minimum atomic E-state index is -0.315. The first kappa shape index (κ1) is 13.1. The predicted molar refractivity (Wildman–Crippen MR) is 61.0 cm³/mol. The number of aromatic nitrogens is 2. The van der Waals surface area contributed by atoms with E-state index in [2.05, 4.69) is 30.9 Å². The first-order chi connectivity index (χ1) is 7.51. The Morgan fingerprint density at radius 2 is 2.12 bits per heavy atom. The van der Waals surface area contributed by atoms with Gasteiger partial charge in [-0.1, -0.05) is 25.9 Å². The van der Waals surface area contributed by atoms with E-state index in [0.29, 0.717) is 24.9 Å². The van der Waals surface area contributed by atoms with Gasteiger partial charge in [0, 0.05) is 12.0 Å². The summed E-state index contributed by atoms with van der Waals surface area (Å²) < 4.78 is 10.4. The van der Waals surface area contributed by atoms with Crippen LogP contribution < -0.4 is 5.73 Å². The van der Waals surface area contributed by atoms with E-state index >= 15 is 0 Å². The Hall–Kier alpha value is -0.940. The molecule has 0 aromatic carbocycles. The van der Waals surface area contributed by atoms with E-state index in [-0.39, 0.29) is 11.5 Å². The molecule has 5 nitrogen and oxygen atoms in total. The second-order valence-corrected chi connectivity index (χ2v) is 4.46. The van der Waals surface area contributed by atoms with E-state index in [0.717, 1.165) is 6.42 Å². The molecule has 92 valence electrons. The van der Waals surface area contributed by atoms with Crippen molar-refractivity contribution in [3.63, 3.8) is 0 Å². The Bertz CT molecular complexity index is 323. The van der Waals surface area contributed by atoms with E-state index in [9.17, 15) is 0 Å². The van der Waals surface area contributed by atoms with Gasteiger partial charge in [0.05, 0.1) is 12.6 Å². The highest BCUT2D eigenvalue weighted by Crippen LogP contribution is 2.25. The van der Waals surface area contributed by atoms with Gasteiger partial charge >= 0.3 is 0 Å². The highest BCUT2D eigenvalue weighted by Gasteiger charge is 2.26. The van der Waals surface area contributed by atoms with Crippen LogP contribution in [0.5, 0.6) is 0 Å². The number of hydrogen-bond donors (Lipinski definition) is 1. The first-order valence-corrected chi connectivity index (χ1v) is 5.68. The molecule has 0 aliphatic carbocycles. The van der Waals surface area contributed by atoms with Crippen molar-refractivity contribution in [2.45, 2.75) is 45.6 Å². The van der Waals surface area contributed by atoms with Crippen LogP contribution in [0.3, 0.4) is 0 Å². The average Bonchev–Trinajstić information content (AvgIpc) is 2.75. The monoisotopic (exact) mass is 227 g/mol. The van der Waals surface area contributed by atoms with Crippen molar-refractivity contribution in [3.8, 4) is 0 Å². The quantitative estimate of drug-likeness (QED) is 0.802. The summed E-state index contributed by atoms with van der Waals surface area (Å²) in [4.78, 5) is 4.32. The van der Waals surface area contributed by atoms with Gasteiger partial charge in [0.25, 0.3) is 0 Å². The topological polar surface area (TPSA) is 74.2 Å². The number of ether oxygens (including phenoxy) is 1. The van der Waals surface area contributed by atoms with Crippen LogP contribution in [0.4, 0.5) is 0 Å². The van der Waals surface area contributed by atoms with E-state index in [1.54, 1.807) is 0 Å². The average molecular weight is 227 g/mol. The second kappa shape index (κ2) is 5.41. The molecule has 1 rings (SSSR count). The van der Waals surface area contributed by atoms with Crippen molar-refractivity contribution in [2.75, 3.05) is 13.2 Å². The zero-order valence-electron chi connectivity index (χ0n) is 10.5. The zero-order chi connectivity index (χ0) is 12.2. The summed E-state index contributed by atoms with van der Waals surface area (Å²) in [6.07, 6.45) is 0.940. The molecule has 0 saturated carbocycles. The maximum Gasteiger partial charge on any atom is 0.232 e. The lowest BCUT2D eigenvalue weighted by molar-refractivity contribution is 0.130. The predicted octanol–water partition coefficient (Wildman–Crippen LogP) is 1.79. The third kappa shape index (κ3) is 3.02. The fourth-order valence-electron chi connectivity index (χ4n) is 1.13. The van der Waals surface area contributed by atoms with Gasteiger partial charge in [0.15, 0.2) is 5.82 Å². The van der Waals surface area contributed by atoms with Crippen molar-refractivity contribution in [1.82, 2.24) is 10.1 Å². The second-order valence-electron chi connectivity index (χ2n) is 4.46. The van der Waals surface area contributed by atoms with Crippen LogP contribution in [-0.2, 0) is 10.2 Å². The molecule has 0 aliphatic heterocycles. The van der Waals surface area contributed by atoms with Crippen molar-refractivity contribution < 1.29 is 9.26 Å². The molecular weight excluding hydrogens is 206 g/mol. The van der Waals surface area contributed by atoms with E-state index in [1.165, 1.54) is 0 Å². The van der Waals surface area contributed by atoms with Crippen LogP contribution in [0.25, 0.3) is 0 Å². The molecule has 0 aliphatic rings. The number of rotatable bonds is 6. The molecule has 0 radical (unpaired) electrons. The Balaban J connectivity index is 2.71. The van der Waals surface area contributed by atoms with Crippen molar-refractivity contribution in [3.05, 3.63) is 11.7 Å². The fourth-order valence-corrected chi connectivity index (χ4v) is 1.13. The van der Waals surface area contributed by atoms with Crippen LogP contribution in [0, 0.1) is 0 Å². The van der Waals surface area contributed by atoms with E-state index in [1.807, 2.05) is 6.92 Å². The van der Waals surface area contributed by atoms with Gasteiger partial charge < -0.3 is 15.0 Å². The van der Waals surface area contributed by atoms with Gasteiger partial charge in [-0.25, -0.2) is 0 Å². The molecule has 0 bridgehead atoms. The number of nitrogens with zero attached hydrogens (tertiary/aromatic N) is 2. The van der Waals surface area contributed by atoms with Gasteiger partial charge in [-0.3, -0.25) is 0 Å². The van der Waals surface area contributed by atoms with Crippen LogP contribution >= 0.6 is 0 Å². The molecule has 1 atom stereocenters. The summed E-state index contributed by atoms with van der Waals surface area (Å²) in [6, 6.07) is -0.315. The Kier molecular flexibility index (Phi) is 4.44. The summed E-state index contributed by atoms with van der Waals surface area (Å²) in [7, 11) is 0. The lowest BCUT2D eigenvalue weighted by Crippen LogP contribution is -2.20. The van der Waals surface area contributed by atoms with Gasteiger partial charge in [0.2, 0.25) is 5.89 Å². The Morgan fingerprint density at radius 3 is 2.69 bits per heavy atom. The maximum atomic E-state index is 5.87.